The Morgan fingerprint density at radius 1 is 1.07 bits per heavy atom. The molecule has 1 saturated heterocycles. The number of halogens is 1. The second-order valence-corrected chi connectivity index (χ2v) is 6.53. The largest absolute Gasteiger partial charge is 0.368 e. The number of aromatic nitrogens is 2. The molecule has 2 heterocycles. The minimum atomic E-state index is -0.496. The van der Waals surface area contributed by atoms with Crippen molar-refractivity contribution in [2.24, 2.45) is 0 Å². The van der Waals surface area contributed by atoms with Gasteiger partial charge >= 0.3 is 0 Å². The van der Waals surface area contributed by atoms with E-state index >= 15 is 0 Å². The first-order chi connectivity index (χ1) is 13.2. The number of nitriles is 1. The fraction of sp³-hybridized carbons (Fsp3) is 0.250. The lowest BCUT2D eigenvalue weighted by Crippen LogP contribution is -2.48. The standard InChI is InChI=1S/C20H18FN5O/c21-18-6-3-7-19(17(18)12-22)25-10-8-24(9-11-25)14-26-20(27)16-5-2-1-4-15(16)13-23-26/h1-7,13H,8-11,14H2. The Morgan fingerprint density at radius 2 is 1.85 bits per heavy atom. The summed E-state index contributed by atoms with van der Waals surface area (Å²) in [6.45, 7) is 3.11. The van der Waals surface area contributed by atoms with Gasteiger partial charge in [0.1, 0.15) is 17.4 Å². The van der Waals surface area contributed by atoms with Crippen LogP contribution in [0.2, 0.25) is 0 Å². The molecule has 0 N–H and O–H groups in total. The second kappa shape index (κ2) is 7.17. The molecule has 1 fully saturated rings. The van der Waals surface area contributed by atoms with Crippen molar-refractivity contribution in [2.45, 2.75) is 6.67 Å². The van der Waals surface area contributed by atoms with Crippen molar-refractivity contribution in [3.8, 4) is 6.07 Å². The van der Waals surface area contributed by atoms with Crippen LogP contribution in [0.1, 0.15) is 5.56 Å². The number of anilines is 1. The van der Waals surface area contributed by atoms with Crippen LogP contribution in [0.4, 0.5) is 10.1 Å². The van der Waals surface area contributed by atoms with E-state index in [1.165, 1.54) is 10.7 Å². The molecular formula is C20H18FN5O. The first-order valence-electron chi connectivity index (χ1n) is 8.78. The summed E-state index contributed by atoms with van der Waals surface area (Å²) < 4.78 is 15.3. The van der Waals surface area contributed by atoms with Crippen LogP contribution in [-0.4, -0.2) is 40.9 Å². The van der Waals surface area contributed by atoms with E-state index in [1.807, 2.05) is 29.2 Å². The molecule has 0 saturated carbocycles. The second-order valence-electron chi connectivity index (χ2n) is 6.53. The molecule has 1 aliphatic rings. The first-order valence-corrected chi connectivity index (χ1v) is 8.78. The SMILES string of the molecule is N#Cc1c(F)cccc1N1CCN(Cn2ncc3ccccc3c2=O)CC1. The molecule has 27 heavy (non-hydrogen) atoms. The van der Waals surface area contributed by atoms with Gasteiger partial charge in [-0.3, -0.25) is 9.69 Å². The molecule has 0 bridgehead atoms. The van der Waals surface area contributed by atoms with Crippen molar-refractivity contribution in [1.82, 2.24) is 14.7 Å². The van der Waals surface area contributed by atoms with E-state index in [4.69, 9.17) is 0 Å². The summed E-state index contributed by atoms with van der Waals surface area (Å²) in [5, 5.41) is 15.0. The molecule has 1 aliphatic heterocycles. The quantitative estimate of drug-likeness (QED) is 0.714. The number of nitrogens with zero attached hydrogens (tertiary/aromatic N) is 5. The lowest BCUT2D eigenvalue weighted by molar-refractivity contribution is 0.192. The zero-order valence-corrected chi connectivity index (χ0v) is 14.7. The van der Waals surface area contributed by atoms with Gasteiger partial charge in [-0.05, 0) is 18.2 Å². The maximum Gasteiger partial charge on any atom is 0.275 e. The van der Waals surface area contributed by atoms with E-state index in [0.29, 0.717) is 43.9 Å². The molecule has 0 spiro atoms. The van der Waals surface area contributed by atoms with Crippen molar-refractivity contribution in [1.29, 1.82) is 5.26 Å². The molecule has 136 valence electrons. The molecule has 0 aliphatic carbocycles. The Balaban J connectivity index is 1.48. The van der Waals surface area contributed by atoms with Crippen LogP contribution < -0.4 is 10.5 Å². The zero-order valence-electron chi connectivity index (χ0n) is 14.7. The van der Waals surface area contributed by atoms with E-state index in [9.17, 15) is 14.4 Å². The highest BCUT2D eigenvalue weighted by Crippen LogP contribution is 2.23. The van der Waals surface area contributed by atoms with Gasteiger partial charge in [-0.2, -0.15) is 10.4 Å². The third kappa shape index (κ3) is 3.27. The van der Waals surface area contributed by atoms with Gasteiger partial charge in [0, 0.05) is 31.6 Å². The van der Waals surface area contributed by atoms with Gasteiger partial charge in [0.25, 0.3) is 5.56 Å². The molecule has 0 atom stereocenters. The highest BCUT2D eigenvalue weighted by atomic mass is 19.1. The summed E-state index contributed by atoms with van der Waals surface area (Å²) in [5.41, 5.74) is 0.601. The smallest absolute Gasteiger partial charge is 0.275 e. The van der Waals surface area contributed by atoms with Crippen molar-refractivity contribution in [2.75, 3.05) is 31.1 Å². The summed E-state index contributed by atoms with van der Waals surface area (Å²) in [6, 6.07) is 14.1. The van der Waals surface area contributed by atoms with Crippen LogP contribution in [0.25, 0.3) is 10.8 Å². The number of piperazine rings is 1. The van der Waals surface area contributed by atoms with E-state index in [-0.39, 0.29) is 11.1 Å². The molecule has 4 rings (SSSR count). The third-order valence-electron chi connectivity index (χ3n) is 4.91. The van der Waals surface area contributed by atoms with Crippen molar-refractivity contribution < 1.29 is 4.39 Å². The molecular weight excluding hydrogens is 345 g/mol. The fourth-order valence-corrected chi connectivity index (χ4v) is 3.44. The van der Waals surface area contributed by atoms with Gasteiger partial charge in [0.2, 0.25) is 0 Å². The summed E-state index contributed by atoms with van der Waals surface area (Å²) in [7, 11) is 0. The summed E-state index contributed by atoms with van der Waals surface area (Å²) in [5.74, 6) is -0.496. The van der Waals surface area contributed by atoms with Crippen LogP contribution in [0, 0.1) is 17.1 Å². The molecule has 6 nitrogen and oxygen atoms in total. The van der Waals surface area contributed by atoms with Crippen LogP contribution in [0.15, 0.2) is 53.5 Å². The van der Waals surface area contributed by atoms with E-state index in [2.05, 4.69) is 10.00 Å². The molecule has 7 heteroatoms. The van der Waals surface area contributed by atoms with Crippen LogP contribution in [0.5, 0.6) is 0 Å². The van der Waals surface area contributed by atoms with Gasteiger partial charge in [0.15, 0.2) is 0 Å². The van der Waals surface area contributed by atoms with Crippen LogP contribution >= 0.6 is 0 Å². The van der Waals surface area contributed by atoms with Crippen LogP contribution in [0.3, 0.4) is 0 Å². The summed E-state index contributed by atoms with van der Waals surface area (Å²) >= 11 is 0. The van der Waals surface area contributed by atoms with Crippen LogP contribution in [-0.2, 0) is 6.67 Å². The average Bonchev–Trinajstić information content (AvgIpc) is 2.71. The first kappa shape index (κ1) is 17.2. The number of hydrogen-bond donors (Lipinski definition) is 0. The molecule has 0 unspecified atom stereocenters. The van der Waals surface area contributed by atoms with Gasteiger partial charge in [-0.25, -0.2) is 9.07 Å². The molecule has 0 radical (unpaired) electrons. The minimum Gasteiger partial charge on any atom is -0.368 e. The molecule has 0 amide bonds. The van der Waals surface area contributed by atoms with Crippen molar-refractivity contribution >= 4 is 16.5 Å². The minimum absolute atomic E-state index is 0.0818. The third-order valence-corrected chi connectivity index (χ3v) is 4.91. The van der Waals surface area contributed by atoms with Crippen molar-refractivity contribution in [3.63, 3.8) is 0 Å². The normalized spacial score (nSPS) is 15.0. The van der Waals surface area contributed by atoms with Gasteiger partial charge in [-0.15, -0.1) is 0 Å². The Morgan fingerprint density at radius 3 is 2.63 bits per heavy atom. The van der Waals surface area contributed by atoms with Gasteiger partial charge in [0.05, 0.1) is 23.9 Å². The number of rotatable bonds is 3. The summed E-state index contributed by atoms with van der Waals surface area (Å²) in [4.78, 5) is 16.7. The van der Waals surface area contributed by atoms with Gasteiger partial charge < -0.3 is 4.90 Å². The lowest BCUT2D eigenvalue weighted by atomic mass is 10.1. The average molecular weight is 363 g/mol. The lowest BCUT2D eigenvalue weighted by Gasteiger charge is -2.36. The Hall–Kier alpha value is -3.24. The topological polar surface area (TPSA) is 65.2 Å². The highest BCUT2D eigenvalue weighted by molar-refractivity contribution is 5.80. The zero-order chi connectivity index (χ0) is 18.8. The van der Waals surface area contributed by atoms with E-state index in [1.54, 1.807) is 24.4 Å². The number of fused-ring (bicyclic) bond motifs is 1. The number of benzene rings is 2. The molecule has 2 aromatic carbocycles. The van der Waals surface area contributed by atoms with E-state index in [0.717, 1.165) is 5.39 Å². The number of hydrogen-bond acceptors (Lipinski definition) is 5. The Labute approximate surface area is 155 Å². The highest BCUT2D eigenvalue weighted by Gasteiger charge is 2.21. The van der Waals surface area contributed by atoms with Gasteiger partial charge in [-0.1, -0.05) is 24.3 Å². The summed E-state index contributed by atoms with van der Waals surface area (Å²) in [6.07, 6.45) is 1.71. The molecule has 3 aromatic rings. The Bertz CT molecular complexity index is 1080. The van der Waals surface area contributed by atoms with Crippen molar-refractivity contribution in [3.05, 3.63) is 70.4 Å². The maximum atomic E-state index is 13.8. The molecule has 1 aromatic heterocycles. The monoisotopic (exact) mass is 363 g/mol. The fourth-order valence-electron chi connectivity index (χ4n) is 3.44. The predicted molar refractivity (Wildman–Crippen MR) is 101 cm³/mol. The predicted octanol–water partition coefficient (Wildman–Crippen LogP) is 2.19. The maximum absolute atomic E-state index is 13.8. The Kier molecular flexibility index (Phi) is 4.57. The van der Waals surface area contributed by atoms with E-state index < -0.39 is 5.82 Å².